The number of alkyl halides is 3. The molecule has 2 bridgehead atoms. The fourth-order valence-electron chi connectivity index (χ4n) is 3.44. The van der Waals surface area contributed by atoms with E-state index in [9.17, 15) is 0 Å². The Hall–Kier alpha value is 0.870. The van der Waals surface area contributed by atoms with Gasteiger partial charge in [-0.15, -0.1) is 34.8 Å². The quantitative estimate of drug-likeness (QED) is 0.603. The fourth-order valence-corrected chi connectivity index (χ4v) is 5.38. The van der Waals surface area contributed by atoms with Crippen LogP contribution in [0.25, 0.3) is 0 Å². The molecule has 0 aliphatic heterocycles. The van der Waals surface area contributed by atoms with Gasteiger partial charge in [0.25, 0.3) is 0 Å². The highest BCUT2D eigenvalue weighted by Crippen LogP contribution is 2.70. The summed E-state index contributed by atoms with van der Waals surface area (Å²) >= 11 is 18.6. The van der Waals surface area contributed by atoms with Crippen molar-refractivity contribution in [3.8, 4) is 0 Å². The minimum absolute atomic E-state index is 0.0394. The highest BCUT2D eigenvalue weighted by atomic mass is 35.5. The summed E-state index contributed by atoms with van der Waals surface area (Å²) in [6, 6.07) is 0. The summed E-state index contributed by atoms with van der Waals surface area (Å²) in [4.78, 5) is -0.322. The average molecular weight is 242 g/mol. The minimum atomic E-state index is -0.322. The molecule has 3 atom stereocenters. The zero-order valence-electron chi connectivity index (χ0n) is 7.99. The smallest absolute Gasteiger partial charge is 0.115 e. The van der Waals surface area contributed by atoms with E-state index in [1.807, 2.05) is 0 Å². The second-order valence-corrected chi connectivity index (χ2v) is 6.62. The second-order valence-electron chi connectivity index (χ2n) is 5.00. The van der Waals surface area contributed by atoms with Crippen LogP contribution in [-0.4, -0.2) is 10.2 Å². The lowest BCUT2D eigenvalue weighted by atomic mass is 9.70. The van der Waals surface area contributed by atoms with Gasteiger partial charge in [0.2, 0.25) is 0 Å². The molecule has 0 amide bonds. The molecule has 0 unspecified atom stereocenters. The van der Waals surface area contributed by atoms with Crippen LogP contribution in [0.1, 0.15) is 33.1 Å². The monoisotopic (exact) mass is 240 g/mol. The van der Waals surface area contributed by atoms with E-state index in [4.69, 9.17) is 34.8 Å². The van der Waals surface area contributed by atoms with Crippen molar-refractivity contribution in [1.29, 1.82) is 0 Å². The van der Waals surface area contributed by atoms with E-state index in [0.717, 1.165) is 18.8 Å². The molecule has 0 saturated heterocycles. The number of hydrogen-bond acceptors (Lipinski definition) is 0. The molecule has 0 radical (unpaired) electrons. The Balaban J connectivity index is 2.43. The first kappa shape index (κ1) is 10.4. The zero-order valence-corrected chi connectivity index (χ0v) is 10.3. The lowest BCUT2D eigenvalue weighted by Gasteiger charge is -2.41. The van der Waals surface area contributed by atoms with Gasteiger partial charge in [-0.3, -0.25) is 0 Å². The standard InChI is InChI=1S/C10H15Cl3/c1-9(2)6-3-4-10(9,8(12)13)7(11)5-6/h6-8H,3-5H2,1-2H3/t6-,7-,10-/m1/s1. The third kappa shape index (κ3) is 1.06. The molecule has 2 rings (SSSR count). The predicted molar refractivity (Wildman–Crippen MR) is 58.7 cm³/mol. The van der Waals surface area contributed by atoms with E-state index in [2.05, 4.69) is 13.8 Å². The molecule has 76 valence electrons. The maximum Gasteiger partial charge on any atom is 0.115 e. The van der Waals surface area contributed by atoms with Crippen LogP contribution in [0.2, 0.25) is 0 Å². The van der Waals surface area contributed by atoms with Gasteiger partial charge < -0.3 is 0 Å². The summed E-state index contributed by atoms with van der Waals surface area (Å²) in [7, 11) is 0. The predicted octanol–water partition coefficient (Wildman–Crippen LogP) is 4.22. The summed E-state index contributed by atoms with van der Waals surface area (Å²) in [6.07, 6.45) is 3.42. The highest BCUT2D eigenvalue weighted by molar-refractivity contribution is 6.45. The molecule has 0 nitrogen and oxygen atoms in total. The largest absolute Gasteiger partial charge is 0.122 e. The maximum atomic E-state index is 6.38. The van der Waals surface area contributed by atoms with E-state index in [1.54, 1.807) is 0 Å². The fraction of sp³-hybridized carbons (Fsp3) is 1.00. The Morgan fingerprint density at radius 1 is 1.31 bits per heavy atom. The SMILES string of the molecule is CC1(C)[C@@H]2CC[C@]1(C(Cl)Cl)[C@H](Cl)C2. The van der Waals surface area contributed by atoms with Crippen LogP contribution in [0.3, 0.4) is 0 Å². The lowest BCUT2D eigenvalue weighted by molar-refractivity contribution is 0.148. The first-order valence-corrected chi connectivity index (χ1v) is 6.16. The molecule has 13 heavy (non-hydrogen) atoms. The Kier molecular flexibility index (Phi) is 2.34. The minimum Gasteiger partial charge on any atom is -0.122 e. The summed E-state index contributed by atoms with van der Waals surface area (Å²) in [5.41, 5.74) is 0.177. The first-order chi connectivity index (χ1) is 5.93. The lowest BCUT2D eigenvalue weighted by Crippen LogP contribution is -2.41. The number of rotatable bonds is 1. The maximum absolute atomic E-state index is 6.38. The van der Waals surface area contributed by atoms with E-state index in [-0.39, 0.29) is 21.0 Å². The summed E-state index contributed by atoms with van der Waals surface area (Å²) < 4.78 is 0. The van der Waals surface area contributed by atoms with E-state index in [0.29, 0.717) is 0 Å². The van der Waals surface area contributed by atoms with Gasteiger partial charge in [-0.1, -0.05) is 13.8 Å². The second kappa shape index (κ2) is 2.93. The van der Waals surface area contributed by atoms with Crippen molar-refractivity contribution in [1.82, 2.24) is 0 Å². The Morgan fingerprint density at radius 3 is 2.15 bits per heavy atom. The molecule has 2 aliphatic rings. The van der Waals surface area contributed by atoms with Crippen LogP contribution >= 0.6 is 34.8 Å². The van der Waals surface area contributed by atoms with Crippen LogP contribution in [0.4, 0.5) is 0 Å². The van der Waals surface area contributed by atoms with Gasteiger partial charge in [-0.2, -0.15) is 0 Å². The highest BCUT2D eigenvalue weighted by Gasteiger charge is 2.66. The number of hydrogen-bond donors (Lipinski definition) is 0. The molecule has 0 aromatic carbocycles. The van der Waals surface area contributed by atoms with Crippen LogP contribution in [-0.2, 0) is 0 Å². The van der Waals surface area contributed by atoms with Gasteiger partial charge >= 0.3 is 0 Å². The number of fused-ring (bicyclic) bond motifs is 2. The molecule has 2 fully saturated rings. The first-order valence-electron chi connectivity index (χ1n) is 4.85. The van der Waals surface area contributed by atoms with Crippen molar-refractivity contribution in [3.63, 3.8) is 0 Å². The molecule has 0 aromatic rings. The van der Waals surface area contributed by atoms with Gasteiger partial charge in [0.1, 0.15) is 4.84 Å². The molecule has 2 aliphatic carbocycles. The van der Waals surface area contributed by atoms with Gasteiger partial charge in [0.05, 0.1) is 0 Å². The molecule has 0 heterocycles. The van der Waals surface area contributed by atoms with Crippen LogP contribution in [0.15, 0.2) is 0 Å². The van der Waals surface area contributed by atoms with Crippen LogP contribution in [0.5, 0.6) is 0 Å². The average Bonchev–Trinajstić information content (AvgIpc) is 2.35. The zero-order chi connectivity index (χ0) is 9.85. The van der Waals surface area contributed by atoms with E-state index >= 15 is 0 Å². The Bertz CT molecular complexity index is 224. The molecular formula is C10H15Cl3. The number of halogens is 3. The molecule has 2 saturated carbocycles. The van der Waals surface area contributed by atoms with Crippen molar-refractivity contribution < 1.29 is 0 Å². The Morgan fingerprint density at radius 2 is 1.92 bits per heavy atom. The topological polar surface area (TPSA) is 0 Å². The van der Waals surface area contributed by atoms with Gasteiger partial charge in [-0.25, -0.2) is 0 Å². The molecule has 0 spiro atoms. The van der Waals surface area contributed by atoms with E-state index in [1.165, 1.54) is 6.42 Å². The van der Waals surface area contributed by atoms with Crippen molar-refractivity contribution in [2.75, 3.05) is 0 Å². The third-order valence-corrected chi connectivity index (χ3v) is 5.91. The van der Waals surface area contributed by atoms with E-state index < -0.39 is 0 Å². The summed E-state index contributed by atoms with van der Waals surface area (Å²) in [6.45, 7) is 4.54. The van der Waals surface area contributed by atoms with Crippen LogP contribution in [0, 0.1) is 16.7 Å². The van der Waals surface area contributed by atoms with Crippen LogP contribution < -0.4 is 0 Å². The molecular weight excluding hydrogens is 226 g/mol. The molecule has 3 heteroatoms. The van der Waals surface area contributed by atoms with Gasteiger partial charge in [0, 0.05) is 10.8 Å². The van der Waals surface area contributed by atoms with Crippen molar-refractivity contribution in [2.24, 2.45) is 16.7 Å². The third-order valence-electron chi connectivity index (χ3n) is 4.57. The van der Waals surface area contributed by atoms with Crippen molar-refractivity contribution >= 4 is 34.8 Å². The van der Waals surface area contributed by atoms with Gasteiger partial charge in [0.15, 0.2) is 0 Å². The Labute approximate surface area is 94.9 Å². The normalized spacial score (nSPS) is 47.5. The summed E-state index contributed by atoms with van der Waals surface area (Å²) in [5.74, 6) is 0.718. The van der Waals surface area contributed by atoms with Gasteiger partial charge in [-0.05, 0) is 30.6 Å². The summed E-state index contributed by atoms with van der Waals surface area (Å²) in [5, 5.41) is 0.168. The van der Waals surface area contributed by atoms with Crippen molar-refractivity contribution in [3.05, 3.63) is 0 Å². The van der Waals surface area contributed by atoms with Crippen molar-refractivity contribution in [2.45, 2.75) is 43.3 Å². The molecule has 0 aromatic heterocycles. The molecule has 0 N–H and O–H groups in total.